The van der Waals surface area contributed by atoms with E-state index in [1.54, 1.807) is 31.4 Å². The summed E-state index contributed by atoms with van der Waals surface area (Å²) in [6.07, 6.45) is 0. The smallest absolute Gasteiger partial charge is 0.251 e. The summed E-state index contributed by atoms with van der Waals surface area (Å²) >= 11 is 0. The molecule has 3 atom stereocenters. The summed E-state index contributed by atoms with van der Waals surface area (Å²) in [5, 5.41) is 5.98. The SMILES string of the molecule is COc1cccc(C(=O)[C@@H]2CN(C)[C@]3(C(=O)Nc4ccccc43)[C@@]23C(=O)Nc2ccccc23)c1. The number of nitrogens with one attached hydrogen (secondary N) is 2. The van der Waals surface area contributed by atoms with Crippen LogP contribution in [0.1, 0.15) is 21.5 Å². The van der Waals surface area contributed by atoms with Crippen molar-refractivity contribution in [1.82, 2.24) is 4.90 Å². The van der Waals surface area contributed by atoms with Crippen molar-refractivity contribution in [3.63, 3.8) is 0 Å². The molecule has 0 aliphatic carbocycles. The lowest BCUT2D eigenvalue weighted by atomic mass is 9.58. The Morgan fingerprint density at radius 1 is 0.912 bits per heavy atom. The monoisotopic (exact) mass is 453 g/mol. The lowest BCUT2D eigenvalue weighted by Crippen LogP contribution is -2.61. The zero-order valence-electron chi connectivity index (χ0n) is 18.8. The van der Waals surface area contributed by atoms with Crippen LogP contribution in [0.4, 0.5) is 11.4 Å². The molecule has 3 aromatic carbocycles. The largest absolute Gasteiger partial charge is 0.497 e. The van der Waals surface area contributed by atoms with Crippen LogP contribution in [-0.2, 0) is 20.5 Å². The fraction of sp³-hybridized carbons (Fsp3) is 0.222. The van der Waals surface area contributed by atoms with E-state index in [0.29, 0.717) is 33.8 Å². The molecular formula is C27H23N3O4. The molecule has 170 valence electrons. The molecule has 2 amide bonds. The van der Waals surface area contributed by atoms with Gasteiger partial charge in [0, 0.05) is 29.0 Å². The van der Waals surface area contributed by atoms with Crippen LogP contribution in [0, 0.1) is 5.92 Å². The van der Waals surface area contributed by atoms with E-state index >= 15 is 0 Å². The Labute approximate surface area is 196 Å². The van der Waals surface area contributed by atoms with Crippen molar-refractivity contribution in [1.29, 1.82) is 0 Å². The lowest BCUT2D eigenvalue weighted by Gasteiger charge is -2.42. The van der Waals surface area contributed by atoms with Crippen LogP contribution in [0.2, 0.25) is 0 Å². The van der Waals surface area contributed by atoms with E-state index in [1.165, 1.54) is 0 Å². The van der Waals surface area contributed by atoms with Crippen LogP contribution in [0.3, 0.4) is 0 Å². The highest BCUT2D eigenvalue weighted by Gasteiger charge is 2.77. The summed E-state index contributed by atoms with van der Waals surface area (Å²) in [5.41, 5.74) is 0.272. The number of carbonyl (C=O) groups excluding carboxylic acids is 3. The minimum absolute atomic E-state index is 0.202. The van der Waals surface area contributed by atoms with Crippen LogP contribution in [0.5, 0.6) is 5.75 Å². The second kappa shape index (κ2) is 7.01. The van der Waals surface area contributed by atoms with Gasteiger partial charge in [-0.15, -0.1) is 0 Å². The van der Waals surface area contributed by atoms with Crippen molar-refractivity contribution in [2.45, 2.75) is 11.0 Å². The van der Waals surface area contributed by atoms with E-state index in [-0.39, 0.29) is 24.1 Å². The highest BCUT2D eigenvalue weighted by atomic mass is 16.5. The molecule has 1 saturated heterocycles. The van der Waals surface area contributed by atoms with Gasteiger partial charge in [-0.25, -0.2) is 0 Å². The number of rotatable bonds is 3. The number of methoxy groups -OCH3 is 1. The number of Topliss-reactive ketones (excluding diaryl/α,β-unsaturated/α-hetero) is 1. The zero-order chi connectivity index (χ0) is 23.7. The summed E-state index contributed by atoms with van der Waals surface area (Å²) in [5.74, 6) is -1.09. The van der Waals surface area contributed by atoms with Gasteiger partial charge in [-0.3, -0.25) is 19.3 Å². The average Bonchev–Trinajstić information content (AvgIpc) is 3.43. The molecule has 3 aliphatic heterocycles. The summed E-state index contributed by atoms with van der Waals surface area (Å²) in [7, 11) is 3.36. The number of ether oxygens (including phenoxy) is 1. The van der Waals surface area contributed by atoms with Crippen molar-refractivity contribution in [3.05, 3.63) is 89.5 Å². The number of likely N-dealkylation sites (N-methyl/N-ethyl adjacent to an activating group) is 1. The number of ketones is 1. The normalized spacial score (nSPS) is 26.9. The second-order valence-electron chi connectivity index (χ2n) is 9.05. The first-order valence-electron chi connectivity index (χ1n) is 11.2. The Morgan fingerprint density at radius 3 is 2.29 bits per heavy atom. The molecular weight excluding hydrogens is 430 g/mol. The van der Waals surface area contributed by atoms with Gasteiger partial charge in [0.25, 0.3) is 5.91 Å². The standard InChI is InChI=1S/C27H23N3O4/c1-30-15-20(23(31)16-8-7-9-17(14-16)34-2)26(18-10-3-5-12-21(18)28-24(26)32)27(30)19-11-4-6-13-22(19)29-25(27)33/h3-14,20H,15H2,1-2H3,(H,28,32)(H,29,33)/t20-,26+,27+/m0/s1. The molecule has 7 heteroatoms. The Kier molecular flexibility index (Phi) is 4.25. The number of benzene rings is 3. The zero-order valence-corrected chi connectivity index (χ0v) is 18.8. The van der Waals surface area contributed by atoms with E-state index in [9.17, 15) is 14.4 Å². The Morgan fingerprint density at radius 2 is 1.56 bits per heavy atom. The number of para-hydroxylation sites is 2. The molecule has 0 saturated carbocycles. The summed E-state index contributed by atoms with van der Waals surface area (Å²) < 4.78 is 5.33. The maximum atomic E-state index is 14.1. The van der Waals surface area contributed by atoms with Gasteiger partial charge in [-0.2, -0.15) is 0 Å². The van der Waals surface area contributed by atoms with Gasteiger partial charge in [-0.05, 0) is 36.9 Å². The topological polar surface area (TPSA) is 87.7 Å². The third-order valence-corrected chi connectivity index (χ3v) is 7.65. The highest BCUT2D eigenvalue weighted by molar-refractivity contribution is 6.20. The Bertz CT molecular complexity index is 1390. The van der Waals surface area contributed by atoms with Crippen molar-refractivity contribution in [2.24, 2.45) is 5.92 Å². The van der Waals surface area contributed by atoms with Gasteiger partial charge in [-0.1, -0.05) is 48.5 Å². The van der Waals surface area contributed by atoms with Crippen molar-refractivity contribution in [3.8, 4) is 5.75 Å². The number of likely N-dealkylation sites (tertiary alicyclic amines) is 1. The number of fused-ring (bicyclic) bond motifs is 5. The highest BCUT2D eigenvalue weighted by Crippen LogP contribution is 2.63. The molecule has 7 nitrogen and oxygen atoms in total. The summed E-state index contributed by atoms with van der Waals surface area (Å²) in [6, 6.07) is 21.7. The van der Waals surface area contributed by atoms with Gasteiger partial charge in [0.15, 0.2) is 5.78 Å². The molecule has 6 rings (SSSR count). The van der Waals surface area contributed by atoms with E-state index < -0.39 is 16.9 Å². The number of anilines is 2. The van der Waals surface area contributed by atoms with Gasteiger partial charge >= 0.3 is 0 Å². The number of hydrogen-bond acceptors (Lipinski definition) is 5. The van der Waals surface area contributed by atoms with E-state index in [2.05, 4.69) is 10.6 Å². The minimum atomic E-state index is -1.45. The van der Waals surface area contributed by atoms with Gasteiger partial charge < -0.3 is 15.4 Å². The van der Waals surface area contributed by atoms with Crippen molar-refractivity contribution < 1.29 is 19.1 Å². The third kappa shape index (κ3) is 2.27. The average molecular weight is 453 g/mol. The maximum absolute atomic E-state index is 14.1. The molecule has 2 spiro atoms. The molecule has 34 heavy (non-hydrogen) atoms. The molecule has 0 radical (unpaired) electrons. The molecule has 1 fully saturated rings. The Balaban J connectivity index is 1.66. The fourth-order valence-electron chi connectivity index (χ4n) is 6.36. The predicted octanol–water partition coefficient (Wildman–Crippen LogP) is 3.18. The molecule has 0 aromatic heterocycles. The first-order valence-corrected chi connectivity index (χ1v) is 11.2. The van der Waals surface area contributed by atoms with Crippen LogP contribution in [-0.4, -0.2) is 43.2 Å². The lowest BCUT2D eigenvalue weighted by molar-refractivity contribution is -0.136. The fourth-order valence-corrected chi connectivity index (χ4v) is 6.36. The number of amides is 2. The molecule has 2 N–H and O–H groups in total. The van der Waals surface area contributed by atoms with E-state index in [4.69, 9.17) is 4.74 Å². The van der Waals surface area contributed by atoms with Crippen LogP contribution >= 0.6 is 0 Å². The number of nitrogens with zero attached hydrogens (tertiary/aromatic N) is 1. The maximum Gasteiger partial charge on any atom is 0.251 e. The predicted molar refractivity (Wildman–Crippen MR) is 127 cm³/mol. The quantitative estimate of drug-likeness (QED) is 0.595. The van der Waals surface area contributed by atoms with Crippen LogP contribution < -0.4 is 15.4 Å². The van der Waals surface area contributed by atoms with Gasteiger partial charge in [0.1, 0.15) is 16.7 Å². The molecule has 0 unspecified atom stereocenters. The second-order valence-corrected chi connectivity index (χ2v) is 9.05. The molecule has 3 heterocycles. The van der Waals surface area contributed by atoms with Gasteiger partial charge in [0.05, 0.1) is 13.0 Å². The van der Waals surface area contributed by atoms with Crippen molar-refractivity contribution >= 4 is 29.0 Å². The van der Waals surface area contributed by atoms with Crippen molar-refractivity contribution in [2.75, 3.05) is 31.3 Å². The third-order valence-electron chi connectivity index (χ3n) is 7.65. The minimum Gasteiger partial charge on any atom is -0.497 e. The first kappa shape index (κ1) is 20.6. The Hall–Kier alpha value is -3.97. The van der Waals surface area contributed by atoms with Crippen LogP contribution in [0.15, 0.2) is 72.8 Å². The number of carbonyl (C=O) groups is 3. The molecule has 3 aromatic rings. The van der Waals surface area contributed by atoms with E-state index in [0.717, 1.165) is 0 Å². The number of hydrogen-bond donors (Lipinski definition) is 2. The van der Waals surface area contributed by atoms with Crippen LogP contribution in [0.25, 0.3) is 0 Å². The van der Waals surface area contributed by atoms with Gasteiger partial charge in [0.2, 0.25) is 5.91 Å². The molecule has 3 aliphatic rings. The van der Waals surface area contributed by atoms with E-state index in [1.807, 2.05) is 60.5 Å². The summed E-state index contributed by atoms with van der Waals surface area (Å²) in [4.78, 5) is 44.0. The summed E-state index contributed by atoms with van der Waals surface area (Å²) in [6.45, 7) is 0.236. The first-order chi connectivity index (χ1) is 16.5. The molecule has 0 bridgehead atoms.